The van der Waals surface area contributed by atoms with Crippen LogP contribution in [0.15, 0.2) is 65.3 Å². The summed E-state index contributed by atoms with van der Waals surface area (Å²) in [4.78, 5) is 16.1. The molecule has 0 saturated heterocycles. The summed E-state index contributed by atoms with van der Waals surface area (Å²) < 4.78 is 10.7. The van der Waals surface area contributed by atoms with E-state index in [9.17, 15) is 4.79 Å². The van der Waals surface area contributed by atoms with E-state index in [4.69, 9.17) is 9.47 Å². The van der Waals surface area contributed by atoms with Crippen molar-refractivity contribution in [1.29, 1.82) is 0 Å². The first-order chi connectivity index (χ1) is 11.2. The summed E-state index contributed by atoms with van der Waals surface area (Å²) in [6.45, 7) is 2.43. The van der Waals surface area contributed by atoms with Crippen molar-refractivity contribution in [2.75, 3.05) is 6.61 Å². The number of aryl methyl sites for hydroxylation is 1. The molecule has 1 aliphatic heterocycles. The molecule has 3 rings (SSSR count). The number of carbonyl (C=O) groups is 1. The summed E-state index contributed by atoms with van der Waals surface area (Å²) in [5.41, 5.74) is 2.42. The Morgan fingerprint density at radius 3 is 2.57 bits per heavy atom. The SMILES string of the molecule is Cc1ccc(/C=C2/N=C(CCOc3ccccc3)OC2=O)cc1. The zero-order valence-electron chi connectivity index (χ0n) is 12.9. The average Bonchev–Trinajstić information content (AvgIpc) is 2.90. The molecule has 4 nitrogen and oxygen atoms in total. The van der Waals surface area contributed by atoms with Gasteiger partial charge in [0.2, 0.25) is 5.90 Å². The molecular formula is C19H17NO3. The highest BCUT2D eigenvalue weighted by Gasteiger charge is 2.22. The maximum Gasteiger partial charge on any atom is 0.363 e. The number of benzene rings is 2. The summed E-state index contributed by atoms with van der Waals surface area (Å²) in [6.07, 6.45) is 2.18. The number of nitrogens with zero attached hydrogens (tertiary/aromatic N) is 1. The van der Waals surface area contributed by atoms with Crippen molar-refractivity contribution in [3.63, 3.8) is 0 Å². The second-order valence-corrected chi connectivity index (χ2v) is 5.25. The molecule has 116 valence electrons. The lowest BCUT2D eigenvalue weighted by molar-refractivity contribution is -0.130. The lowest BCUT2D eigenvalue weighted by atomic mass is 10.1. The Kier molecular flexibility index (Phi) is 4.52. The molecule has 0 saturated carbocycles. The highest BCUT2D eigenvalue weighted by atomic mass is 16.6. The standard InChI is InChI=1S/C19H17NO3/c1-14-7-9-15(10-8-14)13-17-19(21)23-18(20-17)11-12-22-16-5-3-2-4-6-16/h2-10,13H,11-12H2,1H3/b17-13+. The molecule has 4 heteroatoms. The highest BCUT2D eigenvalue weighted by Crippen LogP contribution is 2.17. The third-order valence-electron chi connectivity index (χ3n) is 3.37. The molecule has 0 atom stereocenters. The van der Waals surface area contributed by atoms with Crippen molar-refractivity contribution in [3.05, 3.63) is 71.4 Å². The van der Waals surface area contributed by atoms with Gasteiger partial charge in [-0.05, 0) is 30.7 Å². The number of ether oxygens (including phenoxy) is 2. The van der Waals surface area contributed by atoms with Gasteiger partial charge in [-0.3, -0.25) is 0 Å². The third kappa shape index (κ3) is 4.07. The molecule has 0 bridgehead atoms. The quantitative estimate of drug-likeness (QED) is 0.624. The first-order valence-electron chi connectivity index (χ1n) is 7.47. The topological polar surface area (TPSA) is 47.9 Å². The van der Waals surface area contributed by atoms with Gasteiger partial charge in [0.25, 0.3) is 0 Å². The molecule has 0 aromatic heterocycles. The van der Waals surface area contributed by atoms with E-state index in [1.807, 2.05) is 61.5 Å². The van der Waals surface area contributed by atoms with Gasteiger partial charge in [-0.1, -0.05) is 48.0 Å². The van der Waals surface area contributed by atoms with E-state index >= 15 is 0 Å². The van der Waals surface area contributed by atoms with Crippen LogP contribution in [0.1, 0.15) is 17.5 Å². The normalized spacial score (nSPS) is 15.4. The van der Waals surface area contributed by atoms with E-state index in [-0.39, 0.29) is 0 Å². The van der Waals surface area contributed by atoms with Crippen LogP contribution < -0.4 is 4.74 Å². The molecule has 0 spiro atoms. The van der Waals surface area contributed by atoms with Gasteiger partial charge in [0.1, 0.15) is 5.75 Å². The smallest absolute Gasteiger partial charge is 0.363 e. The van der Waals surface area contributed by atoms with E-state index in [0.717, 1.165) is 11.3 Å². The second kappa shape index (κ2) is 6.92. The van der Waals surface area contributed by atoms with Crippen molar-refractivity contribution < 1.29 is 14.3 Å². The Hall–Kier alpha value is -2.88. The van der Waals surface area contributed by atoms with Crippen LogP contribution >= 0.6 is 0 Å². The van der Waals surface area contributed by atoms with Crippen LogP contribution in [0.2, 0.25) is 0 Å². The predicted molar refractivity (Wildman–Crippen MR) is 89.2 cm³/mol. The van der Waals surface area contributed by atoms with Crippen molar-refractivity contribution in [1.82, 2.24) is 0 Å². The molecule has 0 amide bonds. The molecule has 0 radical (unpaired) electrons. The number of cyclic esters (lactones) is 1. The van der Waals surface area contributed by atoms with E-state index in [2.05, 4.69) is 4.99 Å². The molecule has 0 aliphatic carbocycles. The Balaban J connectivity index is 1.61. The van der Waals surface area contributed by atoms with Crippen LogP contribution in [0.3, 0.4) is 0 Å². The summed E-state index contributed by atoms with van der Waals surface area (Å²) in [6, 6.07) is 17.4. The average molecular weight is 307 g/mol. The number of carbonyl (C=O) groups excluding carboxylic acids is 1. The fraction of sp³-hybridized carbons (Fsp3) is 0.158. The number of esters is 1. The Morgan fingerprint density at radius 1 is 1.09 bits per heavy atom. The Bertz CT molecular complexity index is 746. The summed E-state index contributed by atoms with van der Waals surface area (Å²) in [5.74, 6) is 0.762. The number of para-hydroxylation sites is 1. The van der Waals surface area contributed by atoms with Gasteiger partial charge in [0.05, 0.1) is 13.0 Å². The van der Waals surface area contributed by atoms with Gasteiger partial charge in [-0.2, -0.15) is 0 Å². The highest BCUT2D eigenvalue weighted by molar-refractivity contribution is 6.07. The molecule has 1 heterocycles. The number of aliphatic imine (C=N–C) groups is 1. The molecular weight excluding hydrogens is 290 g/mol. The first-order valence-corrected chi connectivity index (χ1v) is 7.47. The molecule has 1 aliphatic rings. The summed E-state index contributed by atoms with van der Waals surface area (Å²) in [7, 11) is 0. The zero-order valence-corrected chi connectivity index (χ0v) is 12.9. The van der Waals surface area contributed by atoms with Crippen LogP contribution in [0.4, 0.5) is 0 Å². The fourth-order valence-electron chi connectivity index (χ4n) is 2.15. The molecule has 2 aromatic carbocycles. The van der Waals surface area contributed by atoms with E-state index < -0.39 is 5.97 Å². The van der Waals surface area contributed by atoms with Crippen LogP contribution in [0.5, 0.6) is 5.75 Å². The van der Waals surface area contributed by atoms with Crippen molar-refractivity contribution >= 4 is 17.9 Å². The minimum absolute atomic E-state index is 0.323. The number of rotatable bonds is 5. The van der Waals surface area contributed by atoms with E-state index in [1.165, 1.54) is 5.56 Å². The summed E-state index contributed by atoms with van der Waals surface area (Å²) >= 11 is 0. The summed E-state index contributed by atoms with van der Waals surface area (Å²) in [5, 5.41) is 0. The van der Waals surface area contributed by atoms with Gasteiger partial charge in [-0.25, -0.2) is 9.79 Å². The maximum atomic E-state index is 11.8. The van der Waals surface area contributed by atoms with Gasteiger partial charge >= 0.3 is 5.97 Å². The van der Waals surface area contributed by atoms with Crippen molar-refractivity contribution in [2.45, 2.75) is 13.3 Å². The van der Waals surface area contributed by atoms with E-state index in [1.54, 1.807) is 6.08 Å². The van der Waals surface area contributed by atoms with Gasteiger partial charge in [-0.15, -0.1) is 0 Å². The van der Waals surface area contributed by atoms with E-state index in [0.29, 0.717) is 24.6 Å². The lowest BCUT2D eigenvalue weighted by Crippen LogP contribution is -2.08. The Morgan fingerprint density at radius 2 is 1.83 bits per heavy atom. The van der Waals surface area contributed by atoms with Gasteiger partial charge in [0, 0.05) is 0 Å². The first kappa shape index (κ1) is 15.0. The predicted octanol–water partition coefficient (Wildman–Crippen LogP) is 3.76. The Labute approximate surface area is 135 Å². The lowest BCUT2D eigenvalue weighted by Gasteiger charge is -2.04. The molecule has 2 aromatic rings. The maximum absolute atomic E-state index is 11.8. The van der Waals surface area contributed by atoms with Crippen LogP contribution in [-0.2, 0) is 9.53 Å². The minimum Gasteiger partial charge on any atom is -0.493 e. The molecule has 0 fully saturated rings. The molecule has 0 unspecified atom stereocenters. The van der Waals surface area contributed by atoms with Crippen molar-refractivity contribution in [2.24, 2.45) is 4.99 Å². The second-order valence-electron chi connectivity index (χ2n) is 5.25. The van der Waals surface area contributed by atoms with Gasteiger partial charge in [0.15, 0.2) is 5.70 Å². The number of hydrogen-bond acceptors (Lipinski definition) is 4. The largest absolute Gasteiger partial charge is 0.493 e. The third-order valence-corrected chi connectivity index (χ3v) is 3.37. The van der Waals surface area contributed by atoms with Gasteiger partial charge < -0.3 is 9.47 Å². The van der Waals surface area contributed by atoms with Crippen LogP contribution in [0.25, 0.3) is 6.08 Å². The van der Waals surface area contributed by atoms with Crippen molar-refractivity contribution in [3.8, 4) is 5.75 Å². The fourth-order valence-corrected chi connectivity index (χ4v) is 2.15. The van der Waals surface area contributed by atoms with Crippen LogP contribution in [-0.4, -0.2) is 18.5 Å². The zero-order chi connectivity index (χ0) is 16.1. The number of hydrogen-bond donors (Lipinski definition) is 0. The molecule has 0 N–H and O–H groups in total. The van der Waals surface area contributed by atoms with Crippen LogP contribution in [0, 0.1) is 6.92 Å². The molecule has 23 heavy (non-hydrogen) atoms. The monoisotopic (exact) mass is 307 g/mol. The minimum atomic E-state index is -0.416.